The number of hydrogen-bond donors (Lipinski definition) is 0. The van der Waals surface area contributed by atoms with Crippen molar-refractivity contribution in [3.8, 4) is 0 Å². The first kappa shape index (κ1) is 20.9. The second-order valence-electron chi connectivity index (χ2n) is 8.11. The second kappa shape index (κ2) is 8.87. The van der Waals surface area contributed by atoms with Gasteiger partial charge in [-0.3, -0.25) is 0 Å². The van der Waals surface area contributed by atoms with Crippen LogP contribution in [0.5, 0.6) is 0 Å². The molecule has 5 aromatic rings. The second-order valence-corrected chi connectivity index (χ2v) is 12.0. The summed E-state index contributed by atoms with van der Waals surface area (Å²) in [4.78, 5) is 4.77. The highest BCUT2D eigenvalue weighted by atomic mass is 35.5. The summed E-state index contributed by atoms with van der Waals surface area (Å²) in [5.41, 5.74) is 3.25. The molecule has 0 fully saturated rings. The molecule has 0 saturated heterocycles. The number of aryl methyl sites for hydroxylation is 1. The number of hydrogen-bond acceptors (Lipinski definition) is 1. The Labute approximate surface area is 195 Å². The molecular formula is C29H24ClNP+. The molecule has 3 heteroatoms. The van der Waals surface area contributed by atoms with Crippen molar-refractivity contribution in [2.45, 2.75) is 13.1 Å². The lowest BCUT2D eigenvalue weighted by atomic mass is 10.1. The fourth-order valence-corrected chi connectivity index (χ4v) is 8.99. The van der Waals surface area contributed by atoms with E-state index in [-0.39, 0.29) is 0 Å². The van der Waals surface area contributed by atoms with E-state index >= 15 is 0 Å². The Morgan fingerprint density at radius 1 is 0.656 bits per heavy atom. The van der Waals surface area contributed by atoms with E-state index < -0.39 is 7.26 Å². The number of nitrogens with zero attached hydrogens (tertiary/aromatic N) is 1. The molecule has 0 amide bonds. The minimum absolute atomic E-state index is 0.591. The fraction of sp³-hybridized carbons (Fsp3) is 0.0690. The molecule has 0 spiro atoms. The van der Waals surface area contributed by atoms with Crippen LogP contribution in [-0.4, -0.2) is 4.98 Å². The highest BCUT2D eigenvalue weighted by molar-refractivity contribution is 7.95. The molecule has 1 heterocycles. The summed E-state index contributed by atoms with van der Waals surface area (Å²) in [6.07, 6.45) is 0.820. The minimum atomic E-state index is -2.02. The molecule has 0 atom stereocenters. The smallest absolute Gasteiger partial charge is 0.136 e. The highest BCUT2D eigenvalue weighted by Crippen LogP contribution is 2.58. The largest absolute Gasteiger partial charge is 0.236 e. The molecule has 0 aliphatic heterocycles. The molecule has 32 heavy (non-hydrogen) atoms. The third-order valence-corrected chi connectivity index (χ3v) is 10.7. The monoisotopic (exact) mass is 452 g/mol. The number of benzene rings is 4. The molecule has 0 N–H and O–H groups in total. The van der Waals surface area contributed by atoms with Crippen LogP contribution in [-0.2, 0) is 6.16 Å². The predicted octanol–water partition coefficient (Wildman–Crippen LogP) is 6.69. The Bertz CT molecular complexity index is 1260. The average molecular weight is 453 g/mol. The molecule has 1 aromatic heterocycles. The van der Waals surface area contributed by atoms with Gasteiger partial charge in [0.25, 0.3) is 0 Å². The average Bonchev–Trinajstić information content (AvgIpc) is 2.85. The zero-order valence-corrected chi connectivity index (χ0v) is 19.6. The van der Waals surface area contributed by atoms with Gasteiger partial charge in [0.2, 0.25) is 0 Å². The van der Waals surface area contributed by atoms with Crippen molar-refractivity contribution in [3.63, 3.8) is 0 Å². The van der Waals surface area contributed by atoms with Gasteiger partial charge in [0, 0.05) is 10.9 Å². The van der Waals surface area contributed by atoms with E-state index in [1.54, 1.807) is 0 Å². The summed E-state index contributed by atoms with van der Waals surface area (Å²) < 4.78 is 0. The van der Waals surface area contributed by atoms with Crippen molar-refractivity contribution in [3.05, 3.63) is 132 Å². The SMILES string of the molecule is Cc1ccc2nc(Cl)c(C[P+](c3ccccc3)(c3ccccc3)c3ccccc3)cc2c1. The van der Waals surface area contributed by atoms with E-state index in [0.29, 0.717) is 5.15 Å². The van der Waals surface area contributed by atoms with Gasteiger partial charge in [-0.1, -0.05) is 77.8 Å². The lowest BCUT2D eigenvalue weighted by molar-refractivity contribution is 1.29. The quantitative estimate of drug-likeness (QED) is 0.214. The van der Waals surface area contributed by atoms with E-state index in [9.17, 15) is 0 Å². The standard InChI is InChI=1S/C29H24ClNP/c1-22-17-18-28-23(19-22)20-24(29(30)31-28)21-32(25-11-5-2-6-12-25,26-13-7-3-8-14-26)27-15-9-4-10-16-27/h2-20H,21H2,1H3/q+1. The lowest BCUT2D eigenvalue weighted by Gasteiger charge is -2.28. The molecule has 0 unspecified atom stereocenters. The summed E-state index contributed by atoms with van der Waals surface area (Å²) in [5.74, 6) is 0. The van der Waals surface area contributed by atoms with Crippen LogP contribution in [0, 0.1) is 6.92 Å². The Balaban J connectivity index is 1.79. The van der Waals surface area contributed by atoms with Gasteiger partial charge < -0.3 is 0 Å². The fourth-order valence-electron chi connectivity index (χ4n) is 4.45. The number of pyridine rings is 1. The molecule has 4 aromatic carbocycles. The van der Waals surface area contributed by atoms with Crippen molar-refractivity contribution < 1.29 is 0 Å². The van der Waals surface area contributed by atoms with E-state index in [2.05, 4.69) is 116 Å². The molecular weight excluding hydrogens is 429 g/mol. The van der Waals surface area contributed by atoms with Gasteiger partial charge in [0.1, 0.15) is 34.5 Å². The Morgan fingerprint density at radius 2 is 1.16 bits per heavy atom. The summed E-state index contributed by atoms with van der Waals surface area (Å²) in [7, 11) is -2.02. The van der Waals surface area contributed by atoms with Crippen molar-refractivity contribution in [1.29, 1.82) is 0 Å². The zero-order chi connectivity index (χ0) is 22.0. The van der Waals surface area contributed by atoms with Gasteiger partial charge in [-0.15, -0.1) is 0 Å². The van der Waals surface area contributed by atoms with E-state index in [1.165, 1.54) is 21.5 Å². The predicted molar refractivity (Wildman–Crippen MR) is 140 cm³/mol. The molecule has 1 nitrogen and oxygen atoms in total. The maximum Gasteiger partial charge on any atom is 0.136 e. The van der Waals surface area contributed by atoms with Crippen LogP contribution >= 0.6 is 18.9 Å². The molecule has 5 rings (SSSR count). The van der Waals surface area contributed by atoms with Crippen LogP contribution in [0.2, 0.25) is 5.15 Å². The maximum atomic E-state index is 6.82. The third-order valence-electron chi connectivity index (χ3n) is 5.99. The van der Waals surface area contributed by atoms with Crippen LogP contribution < -0.4 is 15.9 Å². The van der Waals surface area contributed by atoms with Gasteiger partial charge in [-0.25, -0.2) is 4.98 Å². The Hall–Kier alpha value is -2.99. The van der Waals surface area contributed by atoms with Crippen LogP contribution in [0.3, 0.4) is 0 Å². The van der Waals surface area contributed by atoms with Crippen LogP contribution in [0.25, 0.3) is 10.9 Å². The van der Waals surface area contributed by atoms with Crippen LogP contribution in [0.1, 0.15) is 11.1 Å². The summed E-state index contributed by atoms with van der Waals surface area (Å²) in [6.45, 7) is 2.11. The lowest BCUT2D eigenvalue weighted by Crippen LogP contribution is -2.32. The first-order chi connectivity index (χ1) is 15.7. The molecule has 0 radical (unpaired) electrons. The van der Waals surface area contributed by atoms with Gasteiger partial charge in [0.05, 0.1) is 5.52 Å². The van der Waals surface area contributed by atoms with E-state index in [4.69, 9.17) is 16.6 Å². The zero-order valence-electron chi connectivity index (χ0n) is 17.9. The normalized spacial score (nSPS) is 11.6. The number of aromatic nitrogens is 1. The topological polar surface area (TPSA) is 12.9 Å². The first-order valence-electron chi connectivity index (χ1n) is 10.8. The van der Waals surface area contributed by atoms with Crippen molar-refractivity contribution in [2.75, 3.05) is 0 Å². The molecule has 156 valence electrons. The van der Waals surface area contributed by atoms with Crippen LogP contribution in [0.15, 0.2) is 115 Å². The van der Waals surface area contributed by atoms with Gasteiger partial charge in [0.15, 0.2) is 0 Å². The molecule has 0 aliphatic rings. The molecule has 0 aliphatic carbocycles. The summed E-state index contributed by atoms with van der Waals surface area (Å²) in [6, 6.07) is 41.2. The Morgan fingerprint density at radius 3 is 1.66 bits per heavy atom. The summed E-state index contributed by atoms with van der Waals surface area (Å²) in [5, 5.41) is 5.76. The minimum Gasteiger partial charge on any atom is -0.236 e. The van der Waals surface area contributed by atoms with Crippen molar-refractivity contribution in [1.82, 2.24) is 4.98 Å². The molecule has 0 saturated carbocycles. The van der Waals surface area contributed by atoms with E-state index in [0.717, 1.165) is 22.6 Å². The molecule has 0 bridgehead atoms. The third kappa shape index (κ3) is 3.84. The van der Waals surface area contributed by atoms with E-state index in [1.807, 2.05) is 6.07 Å². The number of rotatable bonds is 5. The van der Waals surface area contributed by atoms with Crippen molar-refractivity contribution >= 4 is 45.7 Å². The van der Waals surface area contributed by atoms with Gasteiger partial charge in [-0.05, 0) is 61.5 Å². The Kier molecular flexibility index (Phi) is 5.79. The summed E-state index contributed by atoms with van der Waals surface area (Å²) >= 11 is 6.82. The van der Waals surface area contributed by atoms with Gasteiger partial charge in [-0.2, -0.15) is 0 Å². The highest BCUT2D eigenvalue weighted by Gasteiger charge is 2.45. The van der Waals surface area contributed by atoms with Crippen molar-refractivity contribution in [2.24, 2.45) is 0 Å². The maximum absolute atomic E-state index is 6.82. The van der Waals surface area contributed by atoms with Crippen LogP contribution in [0.4, 0.5) is 0 Å². The van der Waals surface area contributed by atoms with Gasteiger partial charge >= 0.3 is 0 Å². The first-order valence-corrected chi connectivity index (χ1v) is 13.1. The number of fused-ring (bicyclic) bond motifs is 1. The number of halogens is 1.